The Morgan fingerprint density at radius 1 is 0.404 bits per heavy atom. The topological polar surface area (TPSA) is 0 Å². The number of hydrogen-bond donors (Lipinski definition) is 0. The first-order valence-corrected chi connectivity index (χ1v) is 17.3. The average Bonchev–Trinajstić information content (AvgIpc) is 3.38. The molecule has 0 saturated carbocycles. The summed E-state index contributed by atoms with van der Waals surface area (Å²) in [4.78, 5) is 0. The van der Waals surface area contributed by atoms with Crippen molar-refractivity contribution in [2.75, 3.05) is 0 Å². The minimum Gasteiger partial charge on any atom is -0.166 e. The Bertz CT molecular complexity index is 1850. The molecule has 238 valence electrons. The van der Waals surface area contributed by atoms with Crippen LogP contribution in [0.1, 0.15) is 54.2 Å². The highest BCUT2D eigenvalue weighted by molar-refractivity contribution is 7.23. The fraction of sp³-hybridized carbons (Fsp3) is 0.150. The van der Waals surface area contributed by atoms with Crippen molar-refractivity contribution in [2.45, 2.75) is 38.2 Å². The SMILES string of the molecule is CC(C)(C)[Si]1(c2ccccc2)C(c2ccccc2C(F)(F)F)=C(c2ccccc2)C(c2ccccc2)=C1c1ccccc1C(F)(F)F. The molecule has 0 N–H and O–H groups in total. The van der Waals surface area contributed by atoms with E-state index in [4.69, 9.17) is 0 Å². The summed E-state index contributed by atoms with van der Waals surface area (Å²) < 4.78 is 90.4. The van der Waals surface area contributed by atoms with Gasteiger partial charge in [0.2, 0.25) is 0 Å². The highest BCUT2D eigenvalue weighted by Crippen LogP contribution is 2.64. The molecule has 5 aromatic carbocycles. The number of halogens is 6. The number of hydrogen-bond acceptors (Lipinski definition) is 0. The molecule has 0 unspecified atom stereocenters. The predicted octanol–water partition coefficient (Wildman–Crippen LogP) is 11.5. The van der Waals surface area contributed by atoms with Crippen molar-refractivity contribution in [3.63, 3.8) is 0 Å². The molecule has 1 aliphatic rings. The van der Waals surface area contributed by atoms with Gasteiger partial charge in [0, 0.05) is 0 Å². The molecule has 0 aromatic heterocycles. The number of rotatable bonds is 5. The molecule has 47 heavy (non-hydrogen) atoms. The van der Waals surface area contributed by atoms with Crippen molar-refractivity contribution in [1.29, 1.82) is 0 Å². The standard InChI is InChI=1S/C40H32F6Si/c1-38(2,3)47(29-21-11-6-12-22-29)36(30-23-13-15-25-32(30)39(41,42)43)34(27-17-7-4-8-18-27)35(28-19-9-5-10-20-28)37(47)31-24-14-16-26-33(31)40(44,45)46/h4-26H,1-3H3. The fourth-order valence-corrected chi connectivity index (χ4v) is 13.7. The lowest BCUT2D eigenvalue weighted by atomic mass is 9.88. The molecule has 0 atom stereocenters. The Morgan fingerprint density at radius 3 is 1.06 bits per heavy atom. The largest absolute Gasteiger partial charge is 0.416 e. The summed E-state index contributed by atoms with van der Waals surface area (Å²) in [6.07, 6.45) is -9.45. The van der Waals surface area contributed by atoms with Crippen LogP contribution >= 0.6 is 0 Å². The van der Waals surface area contributed by atoms with Gasteiger partial charge in [-0.15, -0.1) is 0 Å². The lowest BCUT2D eigenvalue weighted by molar-refractivity contribution is -0.138. The Balaban J connectivity index is 1.98. The highest BCUT2D eigenvalue weighted by Gasteiger charge is 2.60. The van der Waals surface area contributed by atoms with Crippen molar-refractivity contribution < 1.29 is 26.3 Å². The third-order valence-electron chi connectivity index (χ3n) is 8.96. The van der Waals surface area contributed by atoms with Crippen LogP contribution in [0.2, 0.25) is 5.04 Å². The molecule has 0 saturated heterocycles. The summed E-state index contributed by atoms with van der Waals surface area (Å²) in [7, 11) is -3.90. The monoisotopic (exact) mass is 654 g/mol. The van der Waals surface area contributed by atoms with Gasteiger partial charge in [-0.1, -0.05) is 148 Å². The molecule has 5 aromatic rings. The lowest BCUT2D eigenvalue weighted by Gasteiger charge is -2.46. The van der Waals surface area contributed by atoms with E-state index in [1.54, 1.807) is 12.1 Å². The van der Waals surface area contributed by atoms with E-state index in [0.29, 0.717) is 32.7 Å². The third kappa shape index (κ3) is 5.46. The molecule has 0 radical (unpaired) electrons. The van der Waals surface area contributed by atoms with Crippen LogP contribution in [0, 0.1) is 0 Å². The van der Waals surface area contributed by atoms with Crippen LogP contribution in [0.5, 0.6) is 0 Å². The zero-order valence-electron chi connectivity index (χ0n) is 26.0. The first kappa shape index (κ1) is 32.3. The van der Waals surface area contributed by atoms with Crippen molar-refractivity contribution in [2.24, 2.45) is 0 Å². The van der Waals surface area contributed by atoms with Crippen LogP contribution < -0.4 is 5.19 Å². The van der Waals surface area contributed by atoms with Crippen molar-refractivity contribution in [3.05, 3.63) is 173 Å². The van der Waals surface area contributed by atoms with E-state index in [2.05, 4.69) is 0 Å². The van der Waals surface area contributed by atoms with E-state index in [9.17, 15) is 0 Å². The summed E-state index contributed by atoms with van der Waals surface area (Å²) in [5.41, 5.74) is 0.632. The van der Waals surface area contributed by atoms with Gasteiger partial charge < -0.3 is 0 Å². The molecule has 0 bridgehead atoms. The van der Waals surface area contributed by atoms with E-state index >= 15 is 26.3 Å². The van der Waals surface area contributed by atoms with Gasteiger partial charge in [0.05, 0.1) is 11.1 Å². The molecule has 1 aliphatic heterocycles. The van der Waals surface area contributed by atoms with Crippen LogP contribution in [0.4, 0.5) is 26.3 Å². The Morgan fingerprint density at radius 2 is 0.723 bits per heavy atom. The molecular formula is C40H32F6Si. The molecule has 0 aliphatic carbocycles. The second-order valence-electron chi connectivity index (χ2n) is 12.7. The molecule has 1 heterocycles. The van der Waals surface area contributed by atoms with Crippen molar-refractivity contribution in [3.8, 4) is 0 Å². The summed E-state index contributed by atoms with van der Waals surface area (Å²) in [6, 6.07) is 38.4. The quantitative estimate of drug-likeness (QED) is 0.131. The molecule has 6 rings (SSSR count). The normalized spacial score (nSPS) is 15.3. The van der Waals surface area contributed by atoms with E-state index in [-0.39, 0.29) is 11.1 Å². The van der Waals surface area contributed by atoms with E-state index in [1.165, 1.54) is 24.3 Å². The van der Waals surface area contributed by atoms with Gasteiger partial charge in [0.25, 0.3) is 0 Å². The molecule has 0 fully saturated rings. The summed E-state index contributed by atoms with van der Waals surface area (Å²) in [6.45, 7) is 5.86. The lowest BCUT2D eigenvalue weighted by Crippen LogP contribution is -2.57. The number of alkyl halides is 6. The minimum absolute atomic E-state index is 0.0165. The van der Waals surface area contributed by atoms with Crippen LogP contribution in [0.3, 0.4) is 0 Å². The molecule has 7 heteroatoms. The van der Waals surface area contributed by atoms with Gasteiger partial charge in [0.1, 0.15) is 0 Å². The van der Waals surface area contributed by atoms with E-state index in [0.717, 1.165) is 17.3 Å². The Kier molecular flexibility index (Phi) is 8.17. The zero-order chi connectivity index (χ0) is 33.6. The van der Waals surface area contributed by atoms with Crippen LogP contribution in [-0.2, 0) is 12.4 Å². The Hall–Kier alpha value is -4.62. The van der Waals surface area contributed by atoms with E-state index in [1.807, 2.05) is 112 Å². The zero-order valence-corrected chi connectivity index (χ0v) is 27.0. The highest BCUT2D eigenvalue weighted by atomic mass is 28.3. The predicted molar refractivity (Wildman–Crippen MR) is 181 cm³/mol. The van der Waals surface area contributed by atoms with Gasteiger partial charge >= 0.3 is 12.4 Å². The van der Waals surface area contributed by atoms with Crippen LogP contribution in [0.25, 0.3) is 21.5 Å². The maximum absolute atomic E-state index is 15.1. The first-order chi connectivity index (χ1) is 22.3. The van der Waals surface area contributed by atoms with Crippen molar-refractivity contribution >= 4 is 34.8 Å². The smallest absolute Gasteiger partial charge is 0.166 e. The Labute approximate surface area is 271 Å². The van der Waals surface area contributed by atoms with Gasteiger partial charge in [-0.3, -0.25) is 0 Å². The maximum Gasteiger partial charge on any atom is 0.416 e. The minimum atomic E-state index is -4.72. The number of allylic oxidation sites excluding steroid dienone is 2. The summed E-state index contributed by atoms with van der Waals surface area (Å²) in [5, 5.41) is 0.792. The van der Waals surface area contributed by atoms with Gasteiger partial charge in [0.15, 0.2) is 8.07 Å². The van der Waals surface area contributed by atoms with Gasteiger partial charge in [-0.25, -0.2) is 0 Å². The summed E-state index contributed by atoms with van der Waals surface area (Å²) >= 11 is 0. The molecule has 0 spiro atoms. The second kappa shape index (κ2) is 11.9. The van der Waals surface area contributed by atoms with Crippen molar-refractivity contribution in [1.82, 2.24) is 0 Å². The first-order valence-electron chi connectivity index (χ1n) is 15.3. The van der Waals surface area contributed by atoms with Gasteiger partial charge in [-0.05, 0) is 66.2 Å². The average molecular weight is 655 g/mol. The van der Waals surface area contributed by atoms with Crippen LogP contribution in [-0.4, -0.2) is 8.07 Å². The second-order valence-corrected chi connectivity index (χ2v) is 17.3. The number of benzene rings is 5. The van der Waals surface area contributed by atoms with Crippen LogP contribution in [0.15, 0.2) is 140 Å². The van der Waals surface area contributed by atoms with E-state index < -0.39 is 36.6 Å². The molecular weight excluding hydrogens is 623 g/mol. The molecule has 0 nitrogen and oxygen atoms in total. The summed E-state index contributed by atoms with van der Waals surface area (Å²) in [5.74, 6) is 0. The third-order valence-corrected chi connectivity index (χ3v) is 14.9. The maximum atomic E-state index is 15.1. The fourth-order valence-electron chi connectivity index (χ4n) is 7.27. The molecule has 0 amide bonds. The van der Waals surface area contributed by atoms with Gasteiger partial charge in [-0.2, -0.15) is 26.3 Å².